The van der Waals surface area contributed by atoms with Crippen molar-refractivity contribution in [2.24, 2.45) is 0 Å². The molecule has 1 aromatic carbocycles. The summed E-state index contributed by atoms with van der Waals surface area (Å²) in [4.78, 5) is 17.3. The van der Waals surface area contributed by atoms with Crippen molar-refractivity contribution in [1.82, 2.24) is 39.5 Å². The van der Waals surface area contributed by atoms with Crippen LogP contribution in [0, 0.1) is 0 Å². The average Bonchev–Trinajstić information content (AvgIpc) is 3.49. The topological polar surface area (TPSA) is 122 Å². The number of hydrogen-bond acceptors (Lipinski definition) is 8. The van der Waals surface area contributed by atoms with Crippen LogP contribution in [0.4, 0.5) is 5.82 Å². The molecule has 36 heavy (non-hydrogen) atoms. The van der Waals surface area contributed by atoms with Gasteiger partial charge in [0, 0.05) is 34.4 Å². The van der Waals surface area contributed by atoms with Gasteiger partial charge in [-0.15, -0.1) is 0 Å². The summed E-state index contributed by atoms with van der Waals surface area (Å²) in [5.41, 5.74) is 10.8. The van der Waals surface area contributed by atoms with E-state index in [1.165, 1.54) is 6.33 Å². The zero-order valence-corrected chi connectivity index (χ0v) is 20.1. The van der Waals surface area contributed by atoms with Gasteiger partial charge in [0.25, 0.3) is 0 Å². The maximum atomic E-state index is 6.35. The summed E-state index contributed by atoms with van der Waals surface area (Å²) in [5.74, 6) is 0.841. The first-order valence-corrected chi connectivity index (χ1v) is 11.5. The average molecular weight is 498 g/mol. The van der Waals surface area contributed by atoms with Crippen LogP contribution in [0.3, 0.4) is 0 Å². The minimum absolute atomic E-state index is 0.302. The number of halogens is 1. The second kappa shape index (κ2) is 8.58. The molecule has 10 nitrogen and oxygen atoms in total. The van der Waals surface area contributed by atoms with Crippen molar-refractivity contribution in [3.63, 3.8) is 0 Å². The molecule has 0 aliphatic heterocycles. The van der Waals surface area contributed by atoms with Crippen LogP contribution in [-0.2, 0) is 0 Å². The highest BCUT2D eigenvalue weighted by atomic mass is 35.5. The molecule has 0 spiro atoms. The number of anilines is 1. The van der Waals surface area contributed by atoms with Crippen molar-refractivity contribution in [3.05, 3.63) is 78.1 Å². The maximum absolute atomic E-state index is 6.35. The van der Waals surface area contributed by atoms with Crippen LogP contribution in [0.5, 0.6) is 5.88 Å². The summed E-state index contributed by atoms with van der Waals surface area (Å²) in [6, 6.07) is 12.9. The van der Waals surface area contributed by atoms with Crippen molar-refractivity contribution in [3.8, 4) is 22.8 Å². The number of rotatable bonds is 5. The summed E-state index contributed by atoms with van der Waals surface area (Å²) < 4.78 is 8.85. The van der Waals surface area contributed by atoms with Gasteiger partial charge < -0.3 is 10.5 Å². The van der Waals surface area contributed by atoms with Crippen molar-refractivity contribution in [2.75, 3.05) is 12.8 Å². The lowest BCUT2D eigenvalue weighted by molar-refractivity contribution is 0.398. The number of ether oxygens (including phenoxy) is 1. The first-order chi connectivity index (χ1) is 17.5. The van der Waals surface area contributed by atoms with Gasteiger partial charge in [-0.25, -0.2) is 24.3 Å². The van der Waals surface area contributed by atoms with Crippen LogP contribution in [0.1, 0.15) is 18.7 Å². The van der Waals surface area contributed by atoms with E-state index in [0.29, 0.717) is 33.4 Å². The highest BCUT2D eigenvalue weighted by Crippen LogP contribution is 2.35. The fourth-order valence-corrected chi connectivity index (χ4v) is 4.49. The zero-order valence-electron chi connectivity index (χ0n) is 19.4. The van der Waals surface area contributed by atoms with E-state index >= 15 is 0 Å². The molecule has 0 amide bonds. The van der Waals surface area contributed by atoms with E-state index in [-0.39, 0.29) is 6.04 Å². The molecule has 0 aliphatic carbocycles. The molecule has 0 aliphatic rings. The molecule has 2 N–H and O–H groups in total. The van der Waals surface area contributed by atoms with Gasteiger partial charge >= 0.3 is 0 Å². The van der Waals surface area contributed by atoms with Crippen molar-refractivity contribution >= 4 is 39.4 Å². The number of nitrogen functional groups attached to an aromatic ring is 1. The lowest BCUT2D eigenvalue weighted by Crippen LogP contribution is -2.11. The standard InChI is InChI=1S/C25H20ClN9O/c1-14(22-18-7-6-16(26)10-19(18)35(32-22)17-4-3-9-28-12-17)34-25-21(24(27)30-13-31-25)23(33-34)15-5-8-20(36-2)29-11-15/h3-14H,1-2H3,(H2,27,30,31). The van der Waals surface area contributed by atoms with Gasteiger partial charge in [-0.05, 0) is 43.3 Å². The molecule has 11 heteroatoms. The van der Waals surface area contributed by atoms with Gasteiger partial charge in [0.05, 0.1) is 41.6 Å². The van der Waals surface area contributed by atoms with Crippen LogP contribution >= 0.6 is 11.6 Å². The Morgan fingerprint density at radius 3 is 2.67 bits per heavy atom. The molecule has 1 unspecified atom stereocenters. The molecule has 0 fully saturated rings. The molecule has 0 saturated carbocycles. The Morgan fingerprint density at radius 1 is 1.03 bits per heavy atom. The van der Waals surface area contributed by atoms with Crippen molar-refractivity contribution < 1.29 is 4.74 Å². The van der Waals surface area contributed by atoms with Gasteiger partial charge in [-0.1, -0.05) is 11.6 Å². The number of hydrogen-bond donors (Lipinski definition) is 1. The number of methoxy groups -OCH3 is 1. The second-order valence-electron chi connectivity index (χ2n) is 8.19. The Hall–Kier alpha value is -4.57. The maximum Gasteiger partial charge on any atom is 0.212 e. The van der Waals surface area contributed by atoms with E-state index < -0.39 is 0 Å². The summed E-state index contributed by atoms with van der Waals surface area (Å²) in [5, 5.41) is 12.1. The summed E-state index contributed by atoms with van der Waals surface area (Å²) >= 11 is 6.35. The minimum Gasteiger partial charge on any atom is -0.481 e. The van der Waals surface area contributed by atoms with E-state index in [0.717, 1.165) is 27.8 Å². The summed E-state index contributed by atoms with van der Waals surface area (Å²) in [6.45, 7) is 2.02. The van der Waals surface area contributed by atoms with Crippen molar-refractivity contribution in [1.29, 1.82) is 0 Å². The Bertz CT molecular complexity index is 1710. The second-order valence-corrected chi connectivity index (χ2v) is 8.62. The molecule has 0 radical (unpaired) electrons. The molecule has 0 saturated heterocycles. The molecule has 178 valence electrons. The smallest absolute Gasteiger partial charge is 0.212 e. The summed E-state index contributed by atoms with van der Waals surface area (Å²) in [6.07, 6.45) is 6.61. The Morgan fingerprint density at radius 2 is 1.92 bits per heavy atom. The van der Waals surface area contributed by atoms with Crippen LogP contribution in [0.15, 0.2) is 67.4 Å². The van der Waals surface area contributed by atoms with E-state index in [2.05, 4.69) is 19.9 Å². The Kier molecular flexibility index (Phi) is 5.23. The number of pyridine rings is 2. The number of nitrogens with zero attached hydrogens (tertiary/aromatic N) is 8. The largest absolute Gasteiger partial charge is 0.481 e. The zero-order chi connectivity index (χ0) is 24.8. The molecule has 5 heterocycles. The SMILES string of the molecule is COc1ccc(-c2nn(C(C)c3nn(-c4cccnc4)c4cc(Cl)ccc34)c3ncnc(N)c23)cn1. The van der Waals surface area contributed by atoms with Gasteiger partial charge in [0.15, 0.2) is 5.65 Å². The molecular formula is C25H20ClN9O. The summed E-state index contributed by atoms with van der Waals surface area (Å²) in [7, 11) is 1.57. The van der Waals surface area contributed by atoms with E-state index in [1.54, 1.807) is 31.8 Å². The van der Waals surface area contributed by atoms with Gasteiger partial charge in [-0.3, -0.25) is 4.98 Å². The number of fused-ring (bicyclic) bond motifs is 2. The first kappa shape index (κ1) is 21.9. The number of nitrogens with two attached hydrogens (primary N) is 1. The third-order valence-corrected chi connectivity index (χ3v) is 6.30. The lowest BCUT2D eigenvalue weighted by Gasteiger charge is -2.11. The van der Waals surface area contributed by atoms with Gasteiger partial charge in [0.2, 0.25) is 5.88 Å². The lowest BCUT2D eigenvalue weighted by atomic mass is 10.1. The molecular weight excluding hydrogens is 478 g/mol. The third-order valence-electron chi connectivity index (χ3n) is 6.06. The van der Waals surface area contributed by atoms with Gasteiger partial charge in [0.1, 0.15) is 17.8 Å². The van der Waals surface area contributed by atoms with Crippen LogP contribution in [0.2, 0.25) is 5.02 Å². The number of aromatic nitrogens is 8. The normalized spacial score (nSPS) is 12.3. The monoisotopic (exact) mass is 497 g/mol. The van der Waals surface area contributed by atoms with E-state index in [4.69, 9.17) is 32.3 Å². The van der Waals surface area contributed by atoms with E-state index in [1.807, 2.05) is 52.7 Å². The van der Waals surface area contributed by atoms with Crippen LogP contribution in [-0.4, -0.2) is 46.6 Å². The Labute approximate surface area is 210 Å². The molecule has 6 rings (SSSR count). The van der Waals surface area contributed by atoms with Gasteiger partial charge in [-0.2, -0.15) is 10.2 Å². The molecule has 5 aromatic heterocycles. The molecule has 6 aromatic rings. The Balaban J connectivity index is 1.56. The first-order valence-electron chi connectivity index (χ1n) is 11.1. The third kappa shape index (κ3) is 3.50. The molecule has 0 bridgehead atoms. The van der Waals surface area contributed by atoms with Crippen LogP contribution in [0.25, 0.3) is 38.9 Å². The predicted molar refractivity (Wildman–Crippen MR) is 137 cm³/mol. The quantitative estimate of drug-likeness (QED) is 0.370. The van der Waals surface area contributed by atoms with E-state index in [9.17, 15) is 0 Å². The number of benzene rings is 1. The highest BCUT2D eigenvalue weighted by molar-refractivity contribution is 6.31. The highest BCUT2D eigenvalue weighted by Gasteiger charge is 2.25. The fraction of sp³-hybridized carbons (Fsp3) is 0.120. The van der Waals surface area contributed by atoms with Crippen LogP contribution < -0.4 is 10.5 Å². The predicted octanol–water partition coefficient (Wildman–Crippen LogP) is 4.48. The fourth-order valence-electron chi connectivity index (χ4n) is 4.32. The van der Waals surface area contributed by atoms with Crippen molar-refractivity contribution in [2.45, 2.75) is 13.0 Å². The molecule has 1 atom stereocenters. The minimum atomic E-state index is -0.302.